The van der Waals surface area contributed by atoms with E-state index < -0.39 is 10.8 Å². The summed E-state index contributed by atoms with van der Waals surface area (Å²) in [6, 6.07) is 13.0. The fourth-order valence-electron chi connectivity index (χ4n) is 2.58. The number of ether oxygens (including phenoxy) is 2. The Labute approximate surface area is 160 Å². The molecular formula is C19H18N4O5. The van der Waals surface area contributed by atoms with Crippen LogP contribution >= 0.6 is 0 Å². The summed E-state index contributed by atoms with van der Waals surface area (Å²) >= 11 is 0. The summed E-state index contributed by atoms with van der Waals surface area (Å²) < 4.78 is 10.4. The first-order chi connectivity index (χ1) is 13.5. The van der Waals surface area contributed by atoms with E-state index >= 15 is 0 Å². The molecule has 0 aliphatic carbocycles. The molecule has 0 bridgehead atoms. The zero-order valence-electron chi connectivity index (χ0n) is 15.3. The number of carbonyl (C=O) groups is 1. The van der Waals surface area contributed by atoms with Crippen LogP contribution in [0.1, 0.15) is 17.4 Å². The SMILES string of the molecule is CCOc1ccc(NC(=O)c2cc(-c3cccc(OC)c3)n[nH]2)c([N+](=O)[O-])c1. The summed E-state index contributed by atoms with van der Waals surface area (Å²) in [7, 11) is 1.56. The quantitative estimate of drug-likeness (QED) is 0.475. The van der Waals surface area contributed by atoms with Crippen molar-refractivity contribution in [2.24, 2.45) is 0 Å². The molecule has 0 fully saturated rings. The van der Waals surface area contributed by atoms with Crippen molar-refractivity contribution < 1.29 is 19.2 Å². The molecule has 3 aromatic rings. The number of hydrogen-bond acceptors (Lipinski definition) is 6. The highest BCUT2D eigenvalue weighted by molar-refractivity contribution is 6.04. The Bertz CT molecular complexity index is 1020. The minimum atomic E-state index is -0.577. The number of amides is 1. The molecule has 1 amide bonds. The molecule has 2 aromatic carbocycles. The molecule has 1 heterocycles. The minimum Gasteiger partial charge on any atom is -0.497 e. The van der Waals surface area contributed by atoms with Crippen molar-refractivity contribution in [3.63, 3.8) is 0 Å². The van der Waals surface area contributed by atoms with Gasteiger partial charge >= 0.3 is 0 Å². The molecule has 28 heavy (non-hydrogen) atoms. The molecule has 0 aliphatic rings. The van der Waals surface area contributed by atoms with Crippen molar-refractivity contribution >= 4 is 17.3 Å². The Morgan fingerprint density at radius 2 is 2.04 bits per heavy atom. The molecule has 2 N–H and O–H groups in total. The highest BCUT2D eigenvalue weighted by Crippen LogP contribution is 2.30. The van der Waals surface area contributed by atoms with Crippen LogP contribution in [0.2, 0.25) is 0 Å². The summed E-state index contributed by atoms with van der Waals surface area (Å²) in [5.41, 5.74) is 1.29. The molecule has 0 radical (unpaired) electrons. The van der Waals surface area contributed by atoms with E-state index in [1.165, 1.54) is 12.1 Å². The molecule has 1 aromatic heterocycles. The Morgan fingerprint density at radius 1 is 1.21 bits per heavy atom. The van der Waals surface area contributed by atoms with E-state index in [-0.39, 0.29) is 17.1 Å². The van der Waals surface area contributed by atoms with Crippen LogP contribution in [-0.2, 0) is 0 Å². The second-order valence-electron chi connectivity index (χ2n) is 5.72. The second kappa shape index (κ2) is 8.21. The number of nitro groups is 1. The summed E-state index contributed by atoms with van der Waals surface area (Å²) in [5.74, 6) is 0.472. The Morgan fingerprint density at radius 3 is 2.75 bits per heavy atom. The van der Waals surface area contributed by atoms with Gasteiger partial charge in [-0.15, -0.1) is 0 Å². The van der Waals surface area contributed by atoms with Crippen LogP contribution in [0, 0.1) is 10.1 Å². The molecule has 0 saturated heterocycles. The van der Waals surface area contributed by atoms with Gasteiger partial charge in [-0.2, -0.15) is 5.10 Å². The zero-order chi connectivity index (χ0) is 20.1. The standard InChI is InChI=1S/C19H18N4O5/c1-3-28-14-7-8-15(18(10-14)23(25)26)20-19(24)17-11-16(21-22-17)12-5-4-6-13(9-12)27-2/h4-11H,3H2,1-2H3,(H,20,24)(H,21,22). The van der Waals surface area contributed by atoms with Gasteiger partial charge in [-0.05, 0) is 37.3 Å². The third-order valence-electron chi connectivity index (χ3n) is 3.91. The number of benzene rings is 2. The molecular weight excluding hydrogens is 364 g/mol. The summed E-state index contributed by atoms with van der Waals surface area (Å²) in [4.78, 5) is 23.2. The maximum Gasteiger partial charge on any atom is 0.296 e. The van der Waals surface area contributed by atoms with Crippen molar-refractivity contribution in [1.29, 1.82) is 0 Å². The number of nitrogens with one attached hydrogen (secondary N) is 2. The lowest BCUT2D eigenvalue weighted by molar-refractivity contribution is -0.384. The molecule has 0 atom stereocenters. The number of methoxy groups -OCH3 is 1. The molecule has 0 saturated carbocycles. The van der Waals surface area contributed by atoms with E-state index in [9.17, 15) is 14.9 Å². The largest absolute Gasteiger partial charge is 0.497 e. The second-order valence-corrected chi connectivity index (χ2v) is 5.72. The average Bonchev–Trinajstić information content (AvgIpc) is 3.19. The van der Waals surface area contributed by atoms with Gasteiger partial charge in [0.25, 0.3) is 11.6 Å². The minimum absolute atomic E-state index is 0.0657. The Balaban J connectivity index is 1.82. The number of aromatic amines is 1. The lowest BCUT2D eigenvalue weighted by Crippen LogP contribution is -2.13. The maximum atomic E-state index is 12.5. The van der Waals surface area contributed by atoms with Crippen LogP contribution < -0.4 is 14.8 Å². The smallest absolute Gasteiger partial charge is 0.296 e. The van der Waals surface area contributed by atoms with Gasteiger partial charge in [-0.3, -0.25) is 20.0 Å². The van der Waals surface area contributed by atoms with E-state index in [1.54, 1.807) is 38.3 Å². The van der Waals surface area contributed by atoms with Crippen LogP contribution in [0.5, 0.6) is 11.5 Å². The van der Waals surface area contributed by atoms with E-state index in [4.69, 9.17) is 9.47 Å². The summed E-state index contributed by atoms with van der Waals surface area (Å²) in [6.07, 6.45) is 0. The zero-order valence-corrected chi connectivity index (χ0v) is 15.3. The topological polar surface area (TPSA) is 119 Å². The van der Waals surface area contributed by atoms with Gasteiger partial charge < -0.3 is 14.8 Å². The van der Waals surface area contributed by atoms with Gasteiger partial charge in [-0.1, -0.05) is 12.1 Å². The predicted octanol–water partition coefficient (Wildman–Crippen LogP) is 3.64. The molecule has 144 valence electrons. The lowest BCUT2D eigenvalue weighted by Gasteiger charge is -2.07. The van der Waals surface area contributed by atoms with Gasteiger partial charge in [0.2, 0.25) is 0 Å². The monoisotopic (exact) mass is 382 g/mol. The van der Waals surface area contributed by atoms with Crippen molar-refractivity contribution in [2.45, 2.75) is 6.92 Å². The average molecular weight is 382 g/mol. The summed E-state index contributed by atoms with van der Waals surface area (Å²) in [5, 5.41) is 20.6. The predicted molar refractivity (Wildman–Crippen MR) is 103 cm³/mol. The highest BCUT2D eigenvalue weighted by atomic mass is 16.6. The van der Waals surface area contributed by atoms with Gasteiger partial charge in [-0.25, -0.2) is 0 Å². The van der Waals surface area contributed by atoms with Crippen LogP contribution in [0.25, 0.3) is 11.3 Å². The summed E-state index contributed by atoms with van der Waals surface area (Å²) in [6.45, 7) is 2.16. The van der Waals surface area contributed by atoms with E-state index in [2.05, 4.69) is 15.5 Å². The highest BCUT2D eigenvalue weighted by Gasteiger charge is 2.19. The number of anilines is 1. The first-order valence-electron chi connectivity index (χ1n) is 8.44. The van der Waals surface area contributed by atoms with E-state index in [0.717, 1.165) is 5.56 Å². The number of rotatable bonds is 7. The molecule has 0 aliphatic heterocycles. The van der Waals surface area contributed by atoms with Gasteiger partial charge in [0.15, 0.2) is 0 Å². The van der Waals surface area contributed by atoms with Crippen LogP contribution in [-0.4, -0.2) is 34.7 Å². The fraction of sp³-hybridized carbons (Fsp3) is 0.158. The van der Waals surface area contributed by atoms with Crippen molar-refractivity contribution in [2.75, 3.05) is 19.0 Å². The van der Waals surface area contributed by atoms with E-state index in [1.807, 2.05) is 12.1 Å². The van der Waals surface area contributed by atoms with Crippen LogP contribution in [0.3, 0.4) is 0 Å². The molecule has 0 spiro atoms. The number of H-pyrrole nitrogens is 1. The number of nitrogens with zero attached hydrogens (tertiary/aromatic N) is 2. The number of nitro benzene ring substituents is 1. The number of hydrogen-bond donors (Lipinski definition) is 2. The van der Waals surface area contributed by atoms with Crippen LogP contribution in [0.4, 0.5) is 11.4 Å². The number of aromatic nitrogens is 2. The van der Waals surface area contributed by atoms with Gasteiger partial charge in [0, 0.05) is 5.56 Å². The van der Waals surface area contributed by atoms with Gasteiger partial charge in [0.05, 0.1) is 30.4 Å². The fourth-order valence-corrected chi connectivity index (χ4v) is 2.58. The number of carbonyl (C=O) groups excluding carboxylic acids is 1. The van der Waals surface area contributed by atoms with Gasteiger partial charge in [0.1, 0.15) is 22.9 Å². The lowest BCUT2D eigenvalue weighted by atomic mass is 10.1. The normalized spacial score (nSPS) is 10.4. The van der Waals surface area contributed by atoms with Crippen molar-refractivity contribution in [1.82, 2.24) is 10.2 Å². The Hall–Kier alpha value is -3.88. The Kier molecular flexibility index (Phi) is 5.54. The third-order valence-corrected chi connectivity index (χ3v) is 3.91. The molecule has 9 nitrogen and oxygen atoms in total. The van der Waals surface area contributed by atoms with Crippen molar-refractivity contribution in [3.8, 4) is 22.8 Å². The molecule has 3 rings (SSSR count). The maximum absolute atomic E-state index is 12.5. The first kappa shape index (κ1) is 18.9. The first-order valence-corrected chi connectivity index (χ1v) is 8.44. The third kappa shape index (κ3) is 4.09. The van der Waals surface area contributed by atoms with Crippen LogP contribution in [0.15, 0.2) is 48.5 Å². The van der Waals surface area contributed by atoms with E-state index in [0.29, 0.717) is 23.8 Å². The molecule has 0 unspecified atom stereocenters. The van der Waals surface area contributed by atoms with Crippen molar-refractivity contribution in [3.05, 3.63) is 64.3 Å². The molecule has 9 heteroatoms.